The maximum atomic E-state index is 12.5. The first-order chi connectivity index (χ1) is 8.50. The van der Waals surface area contributed by atoms with E-state index in [1.54, 1.807) is 0 Å². The van der Waals surface area contributed by atoms with Crippen LogP contribution in [-0.2, 0) is 14.3 Å². The van der Waals surface area contributed by atoms with E-state index in [2.05, 4.69) is 5.32 Å². The number of amides is 2. The van der Waals surface area contributed by atoms with Crippen molar-refractivity contribution in [2.24, 2.45) is 5.92 Å². The molecular weight excluding hydrogens is 232 g/mol. The summed E-state index contributed by atoms with van der Waals surface area (Å²) in [5, 5.41) is 2.83. The minimum Gasteiger partial charge on any atom is -0.376 e. The van der Waals surface area contributed by atoms with Crippen LogP contribution in [0.1, 0.15) is 33.6 Å². The van der Waals surface area contributed by atoms with E-state index in [1.807, 2.05) is 25.7 Å². The van der Waals surface area contributed by atoms with Crippen LogP contribution in [0.4, 0.5) is 0 Å². The maximum absolute atomic E-state index is 12.5. The summed E-state index contributed by atoms with van der Waals surface area (Å²) < 4.78 is 5.53. The first-order valence-electron chi connectivity index (χ1n) is 6.72. The normalized spacial score (nSPS) is 33.8. The average molecular weight is 254 g/mol. The number of carbonyl (C=O) groups is 2. The lowest BCUT2D eigenvalue weighted by Crippen LogP contribution is -2.52. The Kier molecular flexibility index (Phi) is 3.90. The van der Waals surface area contributed by atoms with Gasteiger partial charge in [0.2, 0.25) is 11.8 Å². The van der Waals surface area contributed by atoms with Gasteiger partial charge in [-0.25, -0.2) is 0 Å². The van der Waals surface area contributed by atoms with Gasteiger partial charge < -0.3 is 15.0 Å². The molecule has 0 radical (unpaired) electrons. The van der Waals surface area contributed by atoms with Gasteiger partial charge in [-0.1, -0.05) is 13.8 Å². The molecule has 0 bridgehead atoms. The molecule has 2 aliphatic rings. The molecule has 2 aliphatic heterocycles. The summed E-state index contributed by atoms with van der Waals surface area (Å²) in [6.45, 7) is 7.12. The molecule has 102 valence electrons. The summed E-state index contributed by atoms with van der Waals surface area (Å²) in [4.78, 5) is 26.0. The molecule has 5 nitrogen and oxygen atoms in total. The molecule has 18 heavy (non-hydrogen) atoms. The van der Waals surface area contributed by atoms with E-state index in [0.717, 1.165) is 6.42 Å². The number of hydrogen-bond donors (Lipinski definition) is 1. The van der Waals surface area contributed by atoms with Crippen LogP contribution in [0.15, 0.2) is 0 Å². The zero-order valence-electron chi connectivity index (χ0n) is 11.3. The van der Waals surface area contributed by atoms with Gasteiger partial charge in [-0.3, -0.25) is 9.59 Å². The van der Waals surface area contributed by atoms with Crippen molar-refractivity contribution in [2.45, 2.75) is 51.8 Å². The molecule has 2 rings (SSSR count). The Morgan fingerprint density at radius 1 is 1.39 bits per heavy atom. The van der Waals surface area contributed by atoms with Crippen LogP contribution >= 0.6 is 0 Å². The van der Waals surface area contributed by atoms with Crippen LogP contribution in [0.3, 0.4) is 0 Å². The van der Waals surface area contributed by atoms with E-state index < -0.39 is 6.04 Å². The second-order valence-electron chi connectivity index (χ2n) is 5.50. The van der Waals surface area contributed by atoms with Gasteiger partial charge in [0.15, 0.2) is 0 Å². The van der Waals surface area contributed by atoms with Crippen LogP contribution in [0.5, 0.6) is 0 Å². The van der Waals surface area contributed by atoms with E-state index in [9.17, 15) is 9.59 Å². The van der Waals surface area contributed by atoms with Crippen molar-refractivity contribution >= 4 is 11.8 Å². The summed E-state index contributed by atoms with van der Waals surface area (Å²) in [5.74, 6) is 0.119. The minimum absolute atomic E-state index is 0.0314. The SMILES string of the molecule is CC(C)C1NC(=O)CCN(C2CCOC2C)C1=O. The van der Waals surface area contributed by atoms with Crippen molar-refractivity contribution in [3.8, 4) is 0 Å². The zero-order chi connectivity index (χ0) is 13.3. The molecule has 3 atom stereocenters. The fourth-order valence-electron chi connectivity index (χ4n) is 2.73. The summed E-state index contributed by atoms with van der Waals surface area (Å²) in [6.07, 6.45) is 1.32. The lowest BCUT2D eigenvalue weighted by atomic mass is 10.0. The average Bonchev–Trinajstić information content (AvgIpc) is 2.65. The summed E-state index contributed by atoms with van der Waals surface area (Å²) in [5.41, 5.74) is 0. The molecule has 2 heterocycles. The van der Waals surface area contributed by atoms with Crippen LogP contribution in [-0.4, -0.2) is 48.1 Å². The highest BCUT2D eigenvalue weighted by Crippen LogP contribution is 2.23. The van der Waals surface area contributed by atoms with Gasteiger partial charge in [0, 0.05) is 19.6 Å². The van der Waals surface area contributed by atoms with Crippen LogP contribution in [0.25, 0.3) is 0 Å². The van der Waals surface area contributed by atoms with Gasteiger partial charge in [0.1, 0.15) is 6.04 Å². The van der Waals surface area contributed by atoms with Crippen molar-refractivity contribution < 1.29 is 14.3 Å². The lowest BCUT2D eigenvalue weighted by Gasteiger charge is -2.32. The number of ether oxygens (including phenoxy) is 1. The van der Waals surface area contributed by atoms with Crippen molar-refractivity contribution in [2.75, 3.05) is 13.2 Å². The first-order valence-corrected chi connectivity index (χ1v) is 6.72. The quantitative estimate of drug-likeness (QED) is 0.782. The molecule has 0 aromatic rings. The van der Waals surface area contributed by atoms with E-state index in [0.29, 0.717) is 19.6 Å². The van der Waals surface area contributed by atoms with E-state index >= 15 is 0 Å². The molecule has 0 aromatic heterocycles. The number of hydrogen-bond acceptors (Lipinski definition) is 3. The van der Waals surface area contributed by atoms with Gasteiger partial charge in [0.25, 0.3) is 0 Å². The largest absolute Gasteiger partial charge is 0.376 e. The third-order valence-corrected chi connectivity index (χ3v) is 3.85. The Hall–Kier alpha value is -1.10. The minimum atomic E-state index is -0.396. The predicted molar refractivity (Wildman–Crippen MR) is 66.9 cm³/mol. The third kappa shape index (κ3) is 2.51. The number of nitrogens with one attached hydrogen (secondary N) is 1. The van der Waals surface area contributed by atoms with Gasteiger partial charge in [0.05, 0.1) is 12.1 Å². The summed E-state index contributed by atoms with van der Waals surface area (Å²) in [6, 6.07) is -0.278. The molecule has 0 saturated carbocycles. The van der Waals surface area contributed by atoms with Crippen LogP contribution < -0.4 is 5.32 Å². The molecular formula is C13H22N2O3. The molecule has 2 fully saturated rings. The lowest BCUT2D eigenvalue weighted by molar-refractivity contribution is -0.137. The van der Waals surface area contributed by atoms with Crippen molar-refractivity contribution in [3.05, 3.63) is 0 Å². The predicted octanol–water partition coefficient (Wildman–Crippen LogP) is 0.537. The van der Waals surface area contributed by atoms with Crippen LogP contribution in [0.2, 0.25) is 0 Å². The first kappa shape index (κ1) is 13.3. The van der Waals surface area contributed by atoms with Gasteiger partial charge >= 0.3 is 0 Å². The molecule has 1 N–H and O–H groups in total. The second-order valence-corrected chi connectivity index (χ2v) is 5.50. The Morgan fingerprint density at radius 3 is 2.67 bits per heavy atom. The van der Waals surface area contributed by atoms with E-state index in [1.165, 1.54) is 0 Å². The Morgan fingerprint density at radius 2 is 2.11 bits per heavy atom. The topological polar surface area (TPSA) is 58.6 Å². The monoisotopic (exact) mass is 254 g/mol. The van der Waals surface area contributed by atoms with Crippen LogP contribution in [0, 0.1) is 5.92 Å². The molecule has 2 saturated heterocycles. The molecule has 0 aliphatic carbocycles. The zero-order valence-corrected chi connectivity index (χ0v) is 11.3. The molecule has 3 unspecified atom stereocenters. The van der Waals surface area contributed by atoms with Gasteiger partial charge in [-0.2, -0.15) is 0 Å². The summed E-state index contributed by atoms with van der Waals surface area (Å²) >= 11 is 0. The molecule has 0 spiro atoms. The van der Waals surface area contributed by atoms with Crippen molar-refractivity contribution in [1.82, 2.24) is 10.2 Å². The fourth-order valence-corrected chi connectivity index (χ4v) is 2.73. The number of carbonyl (C=O) groups excluding carboxylic acids is 2. The smallest absolute Gasteiger partial charge is 0.245 e. The maximum Gasteiger partial charge on any atom is 0.245 e. The van der Waals surface area contributed by atoms with Gasteiger partial charge in [-0.15, -0.1) is 0 Å². The standard InChI is InChI=1S/C13H22N2O3/c1-8(2)12-13(17)15(6-4-11(16)14-12)10-5-7-18-9(10)3/h8-10,12H,4-7H2,1-3H3,(H,14,16). The number of rotatable bonds is 2. The highest BCUT2D eigenvalue weighted by Gasteiger charge is 2.39. The fraction of sp³-hybridized carbons (Fsp3) is 0.846. The molecule has 5 heteroatoms. The molecule has 2 amide bonds. The number of nitrogens with zero attached hydrogens (tertiary/aromatic N) is 1. The Bertz CT molecular complexity index is 343. The van der Waals surface area contributed by atoms with Gasteiger partial charge in [-0.05, 0) is 19.3 Å². The Balaban J connectivity index is 2.18. The van der Waals surface area contributed by atoms with Crippen molar-refractivity contribution in [3.63, 3.8) is 0 Å². The Labute approximate surface area is 108 Å². The van der Waals surface area contributed by atoms with E-state index in [4.69, 9.17) is 4.74 Å². The molecule has 0 aromatic carbocycles. The second kappa shape index (κ2) is 5.26. The highest BCUT2D eigenvalue weighted by atomic mass is 16.5. The third-order valence-electron chi connectivity index (χ3n) is 3.85. The van der Waals surface area contributed by atoms with E-state index in [-0.39, 0.29) is 29.9 Å². The highest BCUT2D eigenvalue weighted by molar-refractivity contribution is 5.90. The summed E-state index contributed by atoms with van der Waals surface area (Å²) in [7, 11) is 0. The van der Waals surface area contributed by atoms with Crippen molar-refractivity contribution in [1.29, 1.82) is 0 Å².